The summed E-state index contributed by atoms with van der Waals surface area (Å²) in [5, 5.41) is 14.1. The first-order valence-electron chi connectivity index (χ1n) is 6.31. The van der Waals surface area contributed by atoms with E-state index < -0.39 is 8.10 Å². The third kappa shape index (κ3) is 11.9. The van der Waals surface area contributed by atoms with Gasteiger partial charge >= 0.3 is 14.1 Å². The number of carbonyl (C=O) groups excluding carboxylic acids is 1. The van der Waals surface area contributed by atoms with Gasteiger partial charge in [-0.2, -0.15) is 0 Å². The third-order valence-corrected chi connectivity index (χ3v) is 3.06. The van der Waals surface area contributed by atoms with Gasteiger partial charge in [0, 0.05) is 13.2 Å². The zero-order valence-electron chi connectivity index (χ0n) is 11.1. The van der Waals surface area contributed by atoms with Crippen molar-refractivity contribution in [3.05, 3.63) is 0 Å². The third-order valence-electron chi connectivity index (χ3n) is 2.04. The molecule has 0 spiro atoms. The Morgan fingerprint density at radius 3 is 2.50 bits per heavy atom. The summed E-state index contributed by atoms with van der Waals surface area (Å²) in [5.41, 5.74) is 0. The van der Waals surface area contributed by atoms with E-state index in [2.05, 4.69) is 10.2 Å². The number of rotatable bonds is 11. The summed E-state index contributed by atoms with van der Waals surface area (Å²) in [6.45, 7) is 4.75. The van der Waals surface area contributed by atoms with Crippen molar-refractivity contribution >= 4 is 14.1 Å². The van der Waals surface area contributed by atoms with Gasteiger partial charge in [0.25, 0.3) is 0 Å². The van der Waals surface area contributed by atoms with Crippen molar-refractivity contribution < 1.29 is 19.2 Å². The number of hydrogen-bond acceptors (Lipinski definition) is 4. The Hall–Kier alpha value is -0.550. The van der Waals surface area contributed by atoms with Crippen LogP contribution >= 0.6 is 8.10 Å². The highest BCUT2D eigenvalue weighted by molar-refractivity contribution is 7.40. The number of esters is 1. The topological polar surface area (TPSA) is 87.7 Å². The molecular weight excluding hydrogens is 255 g/mol. The van der Waals surface area contributed by atoms with Crippen LogP contribution in [0.25, 0.3) is 0 Å². The summed E-state index contributed by atoms with van der Waals surface area (Å²) in [4.78, 5) is 11.2. The molecule has 0 aliphatic heterocycles. The van der Waals surface area contributed by atoms with Gasteiger partial charge in [0.05, 0.1) is 19.1 Å². The first-order valence-corrected chi connectivity index (χ1v) is 7.56. The van der Waals surface area contributed by atoms with E-state index in [9.17, 15) is 9.36 Å². The monoisotopic (exact) mass is 279 g/mol. The van der Waals surface area contributed by atoms with Crippen LogP contribution in [-0.2, 0) is 14.1 Å². The molecule has 0 bridgehead atoms. The SMILES string of the molecule is CC(C)OC(=O)CCN[P+](=O)NCCCCCO. The summed E-state index contributed by atoms with van der Waals surface area (Å²) in [5.74, 6) is -0.288. The average Bonchev–Trinajstić information content (AvgIpc) is 2.27. The van der Waals surface area contributed by atoms with Crippen molar-refractivity contribution in [2.45, 2.75) is 45.6 Å². The Labute approximate surface area is 109 Å². The fourth-order valence-corrected chi connectivity index (χ4v) is 2.02. The largest absolute Gasteiger partial charge is 0.532 e. The highest BCUT2D eigenvalue weighted by atomic mass is 31.1. The van der Waals surface area contributed by atoms with Gasteiger partial charge < -0.3 is 9.84 Å². The molecule has 0 aromatic rings. The number of nitrogens with one attached hydrogen (secondary N) is 2. The minimum absolute atomic E-state index is 0.115. The minimum atomic E-state index is -1.67. The van der Waals surface area contributed by atoms with Gasteiger partial charge in [-0.1, -0.05) is 10.2 Å². The molecule has 7 heteroatoms. The summed E-state index contributed by atoms with van der Waals surface area (Å²) in [6.07, 6.45) is 2.65. The molecule has 0 rings (SSSR count). The molecule has 0 radical (unpaired) electrons. The molecule has 18 heavy (non-hydrogen) atoms. The van der Waals surface area contributed by atoms with Crippen molar-refractivity contribution in [1.29, 1.82) is 0 Å². The molecule has 0 aromatic carbocycles. The predicted octanol–water partition coefficient (Wildman–Crippen LogP) is 1.33. The van der Waals surface area contributed by atoms with Crippen LogP contribution in [0.1, 0.15) is 39.5 Å². The Kier molecular flexibility index (Phi) is 11.2. The quantitative estimate of drug-likeness (QED) is 0.300. The van der Waals surface area contributed by atoms with Crippen molar-refractivity contribution in [2.75, 3.05) is 19.7 Å². The molecular formula is C11H24N2O4P+. The Morgan fingerprint density at radius 1 is 1.22 bits per heavy atom. The second-order valence-electron chi connectivity index (χ2n) is 4.18. The number of unbranched alkanes of at least 4 members (excludes halogenated alkanes) is 2. The lowest BCUT2D eigenvalue weighted by Gasteiger charge is -2.06. The van der Waals surface area contributed by atoms with Crippen LogP contribution in [0.5, 0.6) is 0 Å². The molecule has 0 aromatic heterocycles. The van der Waals surface area contributed by atoms with Gasteiger partial charge in [-0.05, 0) is 37.7 Å². The standard InChI is InChI=1S/C11H24N2O4P/c1-10(2)17-11(15)6-8-13-18(16)12-7-4-3-5-9-14/h10,14H,3-9H2,1-2H3,(H2,12,13,16)/q+1. The van der Waals surface area contributed by atoms with Crippen LogP contribution in [0.15, 0.2) is 0 Å². The normalized spacial score (nSPS) is 11.7. The maximum absolute atomic E-state index is 11.4. The number of aliphatic hydroxyl groups is 1. The van der Waals surface area contributed by atoms with Crippen LogP contribution in [0, 0.1) is 0 Å². The molecule has 1 unspecified atom stereocenters. The molecule has 0 fully saturated rings. The Balaban J connectivity index is 3.39. The molecule has 1 atom stereocenters. The zero-order chi connectivity index (χ0) is 13.8. The van der Waals surface area contributed by atoms with E-state index in [0.717, 1.165) is 19.3 Å². The molecule has 0 aliphatic rings. The predicted molar refractivity (Wildman–Crippen MR) is 70.4 cm³/mol. The second-order valence-corrected chi connectivity index (χ2v) is 5.40. The number of aliphatic hydroxyl groups excluding tert-OH is 1. The van der Waals surface area contributed by atoms with Gasteiger partial charge in [-0.3, -0.25) is 4.79 Å². The molecule has 106 valence electrons. The maximum atomic E-state index is 11.4. The van der Waals surface area contributed by atoms with E-state index in [4.69, 9.17) is 9.84 Å². The Bertz CT molecular complexity index is 249. The molecule has 0 aliphatic carbocycles. The first-order chi connectivity index (χ1) is 8.56. The van der Waals surface area contributed by atoms with Crippen molar-refractivity contribution in [3.63, 3.8) is 0 Å². The van der Waals surface area contributed by atoms with Crippen LogP contribution in [0.2, 0.25) is 0 Å². The molecule has 0 saturated heterocycles. The number of carbonyl (C=O) groups is 1. The molecule has 6 nitrogen and oxygen atoms in total. The van der Waals surface area contributed by atoms with Crippen molar-refractivity contribution in [2.24, 2.45) is 0 Å². The van der Waals surface area contributed by atoms with Crippen LogP contribution in [-0.4, -0.2) is 36.9 Å². The van der Waals surface area contributed by atoms with E-state index in [-0.39, 0.29) is 25.1 Å². The lowest BCUT2D eigenvalue weighted by Crippen LogP contribution is -2.20. The molecule has 0 saturated carbocycles. The fraction of sp³-hybridized carbons (Fsp3) is 0.909. The van der Waals surface area contributed by atoms with E-state index in [1.54, 1.807) is 13.8 Å². The molecule has 0 heterocycles. The average molecular weight is 279 g/mol. The smallest absolute Gasteiger partial charge is 0.463 e. The van der Waals surface area contributed by atoms with Crippen LogP contribution in [0.3, 0.4) is 0 Å². The van der Waals surface area contributed by atoms with Crippen LogP contribution < -0.4 is 10.2 Å². The van der Waals surface area contributed by atoms with Crippen LogP contribution in [0.4, 0.5) is 0 Å². The number of hydrogen-bond donors (Lipinski definition) is 3. The van der Waals surface area contributed by atoms with Gasteiger partial charge in [0.1, 0.15) is 0 Å². The summed E-state index contributed by atoms with van der Waals surface area (Å²) >= 11 is 0. The molecule has 0 amide bonds. The first kappa shape index (κ1) is 17.4. The van der Waals surface area contributed by atoms with Crippen molar-refractivity contribution in [1.82, 2.24) is 10.2 Å². The highest BCUT2D eigenvalue weighted by Crippen LogP contribution is 2.07. The van der Waals surface area contributed by atoms with Gasteiger partial charge in [-0.25, -0.2) is 0 Å². The van der Waals surface area contributed by atoms with E-state index in [1.165, 1.54) is 0 Å². The summed E-state index contributed by atoms with van der Waals surface area (Å²) in [6, 6.07) is 0. The van der Waals surface area contributed by atoms with E-state index >= 15 is 0 Å². The number of ether oxygens (including phenoxy) is 1. The maximum Gasteiger partial charge on any atom is 0.532 e. The van der Waals surface area contributed by atoms with E-state index in [0.29, 0.717) is 13.1 Å². The molecule has 3 N–H and O–H groups in total. The minimum Gasteiger partial charge on any atom is -0.463 e. The Morgan fingerprint density at radius 2 is 1.89 bits per heavy atom. The zero-order valence-corrected chi connectivity index (χ0v) is 12.0. The lowest BCUT2D eigenvalue weighted by atomic mass is 10.2. The second kappa shape index (κ2) is 11.5. The highest BCUT2D eigenvalue weighted by Gasteiger charge is 2.15. The lowest BCUT2D eigenvalue weighted by molar-refractivity contribution is -0.147. The van der Waals surface area contributed by atoms with Gasteiger partial charge in [-0.15, -0.1) is 0 Å². The van der Waals surface area contributed by atoms with Crippen molar-refractivity contribution in [3.8, 4) is 0 Å². The summed E-state index contributed by atoms with van der Waals surface area (Å²) < 4.78 is 16.3. The van der Waals surface area contributed by atoms with Gasteiger partial charge in [0.2, 0.25) is 0 Å². The fourth-order valence-electron chi connectivity index (χ4n) is 1.23. The van der Waals surface area contributed by atoms with Gasteiger partial charge in [0.15, 0.2) is 0 Å². The van der Waals surface area contributed by atoms with E-state index in [1.807, 2.05) is 0 Å². The summed E-state index contributed by atoms with van der Waals surface area (Å²) in [7, 11) is -1.67.